The first-order valence-electron chi connectivity index (χ1n) is 8.33. The third-order valence-corrected chi connectivity index (χ3v) is 4.62. The number of aromatic hydroxyl groups is 1. The highest BCUT2D eigenvalue weighted by Crippen LogP contribution is 2.33. The molecule has 2 aromatic carbocycles. The van der Waals surface area contributed by atoms with Crippen LogP contribution in [0.25, 0.3) is 10.8 Å². The van der Waals surface area contributed by atoms with Gasteiger partial charge in [0.05, 0.1) is 12.2 Å². The first kappa shape index (κ1) is 17.8. The largest absolute Gasteiger partial charge is 0.508 e. The van der Waals surface area contributed by atoms with Crippen molar-refractivity contribution in [2.75, 3.05) is 6.61 Å². The molecule has 0 radical (unpaired) electrons. The fourth-order valence-corrected chi connectivity index (χ4v) is 3.07. The summed E-state index contributed by atoms with van der Waals surface area (Å²) in [4.78, 5) is 0. The van der Waals surface area contributed by atoms with Crippen LogP contribution in [0, 0.1) is 6.92 Å². The van der Waals surface area contributed by atoms with Crippen molar-refractivity contribution in [3.05, 3.63) is 41.0 Å². The van der Waals surface area contributed by atoms with Crippen molar-refractivity contribution >= 4 is 10.8 Å². The van der Waals surface area contributed by atoms with E-state index in [-0.39, 0.29) is 12.5 Å². The molecule has 0 aromatic heterocycles. The van der Waals surface area contributed by atoms with Crippen molar-refractivity contribution in [2.24, 2.45) is 0 Å². The van der Waals surface area contributed by atoms with Gasteiger partial charge in [0.25, 0.3) is 0 Å². The van der Waals surface area contributed by atoms with Gasteiger partial charge in [0.15, 0.2) is 0 Å². The number of rotatable bonds is 6. The summed E-state index contributed by atoms with van der Waals surface area (Å²) in [5.74, 6) is 0.630. The molecular weight excluding hydrogens is 288 g/mol. The fourth-order valence-electron chi connectivity index (χ4n) is 3.07. The fraction of sp³-hybridized carbons (Fsp3) is 0.500. The summed E-state index contributed by atoms with van der Waals surface area (Å²) in [7, 11) is 0. The molecule has 3 heteroatoms. The summed E-state index contributed by atoms with van der Waals surface area (Å²) in [6.07, 6.45) is 2.16. The van der Waals surface area contributed by atoms with Crippen LogP contribution >= 0.6 is 0 Å². The number of phenols is 1. The molecule has 1 unspecified atom stereocenters. The van der Waals surface area contributed by atoms with Crippen LogP contribution < -0.4 is 0 Å². The Morgan fingerprint density at radius 3 is 2.48 bits per heavy atom. The highest BCUT2D eigenvalue weighted by atomic mass is 16.3. The van der Waals surface area contributed by atoms with Crippen LogP contribution in [0.3, 0.4) is 0 Å². The van der Waals surface area contributed by atoms with Crippen LogP contribution in [0.2, 0.25) is 0 Å². The number of hydrogen-bond donors (Lipinski definition) is 3. The molecule has 0 saturated carbocycles. The van der Waals surface area contributed by atoms with Crippen molar-refractivity contribution in [2.45, 2.75) is 58.5 Å². The number of aliphatic hydroxyl groups is 2. The van der Waals surface area contributed by atoms with Gasteiger partial charge in [-0.15, -0.1) is 0 Å². The van der Waals surface area contributed by atoms with E-state index < -0.39 is 5.60 Å². The number of aryl methyl sites for hydroxylation is 2. The maximum atomic E-state index is 10.3. The zero-order chi connectivity index (χ0) is 17.2. The molecule has 0 aliphatic heterocycles. The second-order valence-electron chi connectivity index (χ2n) is 7.16. The third kappa shape index (κ3) is 4.04. The van der Waals surface area contributed by atoms with E-state index in [1.54, 1.807) is 6.92 Å². The zero-order valence-corrected chi connectivity index (χ0v) is 14.6. The molecule has 0 saturated heterocycles. The second-order valence-corrected chi connectivity index (χ2v) is 7.16. The minimum Gasteiger partial charge on any atom is -0.508 e. The van der Waals surface area contributed by atoms with Gasteiger partial charge in [-0.3, -0.25) is 0 Å². The predicted octanol–water partition coefficient (Wildman–Crippen LogP) is 4.04. The molecule has 126 valence electrons. The van der Waals surface area contributed by atoms with Gasteiger partial charge in [0.1, 0.15) is 5.75 Å². The van der Waals surface area contributed by atoms with E-state index in [4.69, 9.17) is 5.11 Å². The Balaban J connectivity index is 2.35. The molecule has 23 heavy (non-hydrogen) atoms. The first-order valence-corrected chi connectivity index (χ1v) is 8.33. The van der Waals surface area contributed by atoms with Crippen LogP contribution in [0.15, 0.2) is 24.3 Å². The van der Waals surface area contributed by atoms with Crippen LogP contribution in [0.5, 0.6) is 5.75 Å². The molecule has 0 aliphatic carbocycles. The van der Waals surface area contributed by atoms with Gasteiger partial charge in [0, 0.05) is 0 Å². The van der Waals surface area contributed by atoms with E-state index in [9.17, 15) is 10.2 Å². The van der Waals surface area contributed by atoms with Crippen molar-refractivity contribution < 1.29 is 15.3 Å². The number of aliphatic hydroxyl groups excluding tert-OH is 1. The molecule has 3 N–H and O–H groups in total. The number of benzene rings is 2. The molecule has 0 amide bonds. The van der Waals surface area contributed by atoms with Crippen molar-refractivity contribution in [3.8, 4) is 5.75 Å². The van der Waals surface area contributed by atoms with E-state index in [1.807, 2.05) is 6.07 Å². The van der Waals surface area contributed by atoms with Crippen molar-refractivity contribution in [1.29, 1.82) is 0 Å². The van der Waals surface area contributed by atoms with E-state index in [0.717, 1.165) is 29.2 Å². The highest BCUT2D eigenvalue weighted by Gasteiger charge is 2.19. The summed E-state index contributed by atoms with van der Waals surface area (Å²) < 4.78 is 0. The molecule has 2 rings (SSSR count). The van der Waals surface area contributed by atoms with Gasteiger partial charge in [-0.2, -0.15) is 0 Å². The average molecular weight is 316 g/mol. The Morgan fingerprint density at radius 2 is 1.87 bits per heavy atom. The van der Waals surface area contributed by atoms with E-state index in [0.29, 0.717) is 12.2 Å². The lowest BCUT2D eigenvalue weighted by atomic mass is 9.90. The smallest absolute Gasteiger partial charge is 0.119 e. The average Bonchev–Trinajstić information content (AvgIpc) is 2.49. The van der Waals surface area contributed by atoms with Crippen LogP contribution in [-0.2, 0) is 6.42 Å². The summed E-state index contributed by atoms with van der Waals surface area (Å²) in [5, 5.41) is 31.6. The maximum absolute atomic E-state index is 10.3. The molecule has 0 spiro atoms. The van der Waals surface area contributed by atoms with Crippen molar-refractivity contribution in [1.82, 2.24) is 0 Å². The predicted molar refractivity (Wildman–Crippen MR) is 95.1 cm³/mol. The highest BCUT2D eigenvalue weighted by molar-refractivity contribution is 5.89. The Kier molecular flexibility index (Phi) is 5.33. The minimum absolute atomic E-state index is 0.222. The van der Waals surface area contributed by atoms with Gasteiger partial charge in [-0.1, -0.05) is 26.0 Å². The number of hydrogen-bond acceptors (Lipinski definition) is 3. The quantitative estimate of drug-likeness (QED) is 0.753. The molecule has 2 aromatic rings. The lowest BCUT2D eigenvalue weighted by Crippen LogP contribution is -2.28. The summed E-state index contributed by atoms with van der Waals surface area (Å²) in [6.45, 7) is 7.66. The van der Waals surface area contributed by atoms with Gasteiger partial charge >= 0.3 is 0 Å². The van der Waals surface area contributed by atoms with Crippen LogP contribution in [0.1, 0.15) is 56.2 Å². The lowest BCUT2D eigenvalue weighted by molar-refractivity contribution is -0.00640. The number of phenolic OH excluding ortho intramolecular Hbond substituents is 1. The Labute approximate surface area is 138 Å². The lowest BCUT2D eigenvalue weighted by Gasteiger charge is -2.20. The molecular formula is C20H28O3. The maximum Gasteiger partial charge on any atom is 0.119 e. The van der Waals surface area contributed by atoms with E-state index in [2.05, 4.69) is 39.0 Å². The molecule has 3 nitrogen and oxygen atoms in total. The first-order chi connectivity index (χ1) is 10.7. The van der Waals surface area contributed by atoms with E-state index in [1.165, 1.54) is 11.1 Å². The van der Waals surface area contributed by atoms with Crippen LogP contribution in [-0.4, -0.2) is 27.5 Å². The Hall–Kier alpha value is -1.58. The topological polar surface area (TPSA) is 60.7 Å². The second kappa shape index (κ2) is 6.90. The SMILES string of the molecule is Cc1ccc2cc(C(C)C)c(O)cc2c1CCCC(C)(O)CO. The normalized spacial score (nSPS) is 14.4. The van der Waals surface area contributed by atoms with Crippen molar-refractivity contribution in [3.63, 3.8) is 0 Å². The molecule has 0 bridgehead atoms. The molecule has 0 fully saturated rings. The van der Waals surface area contributed by atoms with Crippen LogP contribution in [0.4, 0.5) is 0 Å². The number of fused-ring (bicyclic) bond motifs is 1. The summed E-state index contributed by atoms with van der Waals surface area (Å²) in [6, 6.07) is 8.16. The Bertz CT molecular complexity index is 687. The molecule has 1 atom stereocenters. The Morgan fingerprint density at radius 1 is 1.17 bits per heavy atom. The third-order valence-electron chi connectivity index (χ3n) is 4.62. The van der Waals surface area contributed by atoms with E-state index >= 15 is 0 Å². The molecule has 0 aliphatic rings. The van der Waals surface area contributed by atoms with Gasteiger partial charge in [-0.25, -0.2) is 0 Å². The summed E-state index contributed by atoms with van der Waals surface area (Å²) >= 11 is 0. The van der Waals surface area contributed by atoms with Gasteiger partial charge < -0.3 is 15.3 Å². The monoisotopic (exact) mass is 316 g/mol. The van der Waals surface area contributed by atoms with Gasteiger partial charge in [0.2, 0.25) is 0 Å². The zero-order valence-electron chi connectivity index (χ0n) is 14.6. The minimum atomic E-state index is -1.02. The summed E-state index contributed by atoms with van der Waals surface area (Å²) in [5.41, 5.74) is 2.35. The standard InChI is InChI=1S/C20H28O3/c1-13(2)17-10-15-8-7-14(3)16(18(15)11-19(17)22)6-5-9-20(4,23)12-21/h7-8,10-11,13,21-23H,5-6,9,12H2,1-4H3. The van der Waals surface area contributed by atoms with Gasteiger partial charge in [-0.05, 0) is 78.6 Å². The molecule has 0 heterocycles.